The maximum Gasteiger partial charge on any atom is 0.00145 e. The fourth-order valence-corrected chi connectivity index (χ4v) is 3.25. The van der Waals surface area contributed by atoms with Gasteiger partial charge in [0, 0.05) is 6.54 Å². The highest BCUT2D eigenvalue weighted by atomic mass is 15.1. The Morgan fingerprint density at radius 2 is 1.38 bits per heavy atom. The molecule has 0 aromatic heterocycles. The minimum Gasteiger partial charge on any atom is -0.306 e. The van der Waals surface area contributed by atoms with E-state index in [1.807, 2.05) is 0 Å². The molecule has 1 saturated heterocycles. The molecule has 0 aromatic rings. The summed E-state index contributed by atoms with van der Waals surface area (Å²) in [5.41, 5.74) is 0.875. The molecule has 0 aromatic carbocycles. The Hall–Kier alpha value is -0.0400. The first kappa shape index (κ1) is 14.0. The quantitative estimate of drug-likeness (QED) is 0.601. The summed E-state index contributed by atoms with van der Waals surface area (Å²) >= 11 is 0. The van der Waals surface area contributed by atoms with E-state index in [0.29, 0.717) is 10.8 Å². The van der Waals surface area contributed by atoms with Crippen LogP contribution in [-0.4, -0.2) is 25.0 Å². The van der Waals surface area contributed by atoms with Gasteiger partial charge < -0.3 is 4.90 Å². The normalized spacial score (nSPS) is 30.2. The van der Waals surface area contributed by atoms with Crippen LogP contribution in [0.4, 0.5) is 0 Å². The van der Waals surface area contributed by atoms with Crippen LogP contribution in [0, 0.1) is 22.7 Å². The van der Waals surface area contributed by atoms with E-state index in [4.69, 9.17) is 0 Å². The first-order valence-corrected chi connectivity index (χ1v) is 6.81. The number of hydrogen-bond donors (Lipinski definition) is 0. The molecule has 0 radical (unpaired) electrons. The van der Waals surface area contributed by atoms with Crippen LogP contribution in [0.25, 0.3) is 0 Å². The fraction of sp³-hybridized carbons (Fsp3) is 1.00. The van der Waals surface area contributed by atoms with Crippen LogP contribution >= 0.6 is 0 Å². The van der Waals surface area contributed by atoms with E-state index in [2.05, 4.69) is 53.5 Å². The largest absolute Gasteiger partial charge is 0.306 e. The number of nitrogens with zero attached hydrogens (tertiary/aromatic N) is 1. The average Bonchev–Trinajstić information content (AvgIpc) is 2.23. The van der Waals surface area contributed by atoms with E-state index in [1.54, 1.807) is 0 Å². The summed E-state index contributed by atoms with van der Waals surface area (Å²) in [6, 6.07) is 0. The molecule has 0 N–H and O–H groups in total. The lowest BCUT2D eigenvalue weighted by molar-refractivity contribution is 0.0577. The van der Waals surface area contributed by atoms with Gasteiger partial charge in [-0.2, -0.15) is 0 Å². The lowest BCUT2D eigenvalue weighted by Gasteiger charge is -2.43. The van der Waals surface area contributed by atoms with Crippen LogP contribution in [0.15, 0.2) is 0 Å². The molecular formula is C15H31N. The zero-order valence-corrected chi connectivity index (χ0v) is 12.4. The van der Waals surface area contributed by atoms with E-state index in [1.165, 1.54) is 25.9 Å². The van der Waals surface area contributed by atoms with Crippen molar-refractivity contribution in [3.63, 3.8) is 0 Å². The molecule has 2 atom stereocenters. The highest BCUT2D eigenvalue weighted by Crippen LogP contribution is 2.45. The third-order valence-electron chi connectivity index (χ3n) is 4.27. The van der Waals surface area contributed by atoms with Crippen molar-refractivity contribution in [2.75, 3.05) is 20.1 Å². The fourth-order valence-electron chi connectivity index (χ4n) is 3.25. The number of hydrogen-bond acceptors (Lipinski definition) is 1. The van der Waals surface area contributed by atoms with E-state index in [9.17, 15) is 0 Å². The summed E-state index contributed by atoms with van der Waals surface area (Å²) in [6.07, 6.45) is 2.76. The summed E-state index contributed by atoms with van der Waals surface area (Å²) in [5, 5.41) is 0. The van der Waals surface area contributed by atoms with Crippen LogP contribution in [0.5, 0.6) is 0 Å². The highest BCUT2D eigenvalue weighted by molar-refractivity contribution is 4.90. The van der Waals surface area contributed by atoms with Gasteiger partial charge in [0.05, 0.1) is 0 Å². The molecule has 0 aliphatic carbocycles. The van der Waals surface area contributed by atoms with E-state index in [0.717, 1.165) is 11.8 Å². The predicted octanol–water partition coefficient (Wildman–Crippen LogP) is 4.04. The van der Waals surface area contributed by atoms with Gasteiger partial charge in [0.2, 0.25) is 0 Å². The molecule has 1 aliphatic heterocycles. The maximum absolute atomic E-state index is 2.53. The van der Waals surface area contributed by atoms with Crippen molar-refractivity contribution in [3.05, 3.63) is 0 Å². The summed E-state index contributed by atoms with van der Waals surface area (Å²) in [5.74, 6) is 1.68. The molecule has 1 fully saturated rings. The smallest absolute Gasteiger partial charge is 0.00145 e. The van der Waals surface area contributed by atoms with Crippen LogP contribution < -0.4 is 0 Å². The van der Waals surface area contributed by atoms with E-state index in [-0.39, 0.29) is 0 Å². The second-order valence-corrected chi connectivity index (χ2v) is 7.85. The molecule has 2 unspecified atom stereocenters. The predicted molar refractivity (Wildman–Crippen MR) is 72.6 cm³/mol. The van der Waals surface area contributed by atoms with Crippen LogP contribution in [0.1, 0.15) is 54.4 Å². The SMILES string of the molecule is CN1CCCC(C(C)(C)C)C(C(C)(C)C)C1. The van der Waals surface area contributed by atoms with Gasteiger partial charge in [-0.1, -0.05) is 41.5 Å². The zero-order valence-electron chi connectivity index (χ0n) is 12.4. The standard InChI is InChI=1S/C15H31N/c1-14(2,3)12-9-8-10-16(7)11-13(12)15(4,5)6/h12-13H,8-11H2,1-7H3. The summed E-state index contributed by atoms with van der Waals surface area (Å²) in [7, 11) is 2.28. The van der Waals surface area contributed by atoms with Gasteiger partial charge >= 0.3 is 0 Å². The lowest BCUT2D eigenvalue weighted by Crippen LogP contribution is -2.40. The Balaban J connectivity index is 2.93. The first-order chi connectivity index (χ1) is 7.12. The van der Waals surface area contributed by atoms with Crippen LogP contribution in [0.2, 0.25) is 0 Å². The summed E-state index contributed by atoms with van der Waals surface area (Å²) in [6.45, 7) is 17.0. The van der Waals surface area contributed by atoms with Crippen molar-refractivity contribution in [3.8, 4) is 0 Å². The second-order valence-electron chi connectivity index (χ2n) is 7.85. The Kier molecular flexibility index (Phi) is 4.10. The molecule has 0 spiro atoms. The Bertz CT molecular complexity index is 219. The van der Waals surface area contributed by atoms with E-state index < -0.39 is 0 Å². The third kappa shape index (κ3) is 3.48. The Morgan fingerprint density at radius 3 is 1.81 bits per heavy atom. The van der Waals surface area contributed by atoms with E-state index >= 15 is 0 Å². The molecule has 1 heterocycles. The third-order valence-corrected chi connectivity index (χ3v) is 4.27. The second kappa shape index (κ2) is 4.68. The van der Waals surface area contributed by atoms with Crippen molar-refractivity contribution < 1.29 is 0 Å². The van der Waals surface area contributed by atoms with Gasteiger partial charge in [0.1, 0.15) is 0 Å². The van der Waals surface area contributed by atoms with Gasteiger partial charge in [-0.25, -0.2) is 0 Å². The molecule has 1 nitrogen and oxygen atoms in total. The van der Waals surface area contributed by atoms with Gasteiger partial charge in [-0.05, 0) is 49.1 Å². The monoisotopic (exact) mass is 225 g/mol. The number of rotatable bonds is 0. The molecule has 0 saturated carbocycles. The van der Waals surface area contributed by atoms with Crippen molar-refractivity contribution >= 4 is 0 Å². The van der Waals surface area contributed by atoms with Crippen LogP contribution in [0.3, 0.4) is 0 Å². The minimum absolute atomic E-state index is 0.427. The first-order valence-electron chi connectivity index (χ1n) is 6.81. The topological polar surface area (TPSA) is 3.24 Å². The van der Waals surface area contributed by atoms with Crippen molar-refractivity contribution in [2.24, 2.45) is 22.7 Å². The molecule has 1 heteroatoms. The van der Waals surface area contributed by atoms with Gasteiger partial charge in [-0.3, -0.25) is 0 Å². The lowest BCUT2D eigenvalue weighted by atomic mass is 9.63. The highest BCUT2D eigenvalue weighted by Gasteiger charge is 2.39. The summed E-state index contributed by atoms with van der Waals surface area (Å²) in [4.78, 5) is 2.53. The van der Waals surface area contributed by atoms with Crippen molar-refractivity contribution in [1.29, 1.82) is 0 Å². The molecule has 1 aliphatic rings. The van der Waals surface area contributed by atoms with Gasteiger partial charge in [0.15, 0.2) is 0 Å². The van der Waals surface area contributed by atoms with Crippen molar-refractivity contribution in [2.45, 2.75) is 54.4 Å². The summed E-state index contributed by atoms with van der Waals surface area (Å²) < 4.78 is 0. The molecular weight excluding hydrogens is 194 g/mol. The molecule has 1 rings (SSSR count). The molecule has 96 valence electrons. The van der Waals surface area contributed by atoms with Crippen molar-refractivity contribution in [1.82, 2.24) is 4.90 Å². The minimum atomic E-state index is 0.427. The Morgan fingerprint density at radius 1 is 0.875 bits per heavy atom. The molecule has 16 heavy (non-hydrogen) atoms. The molecule has 0 amide bonds. The van der Waals surface area contributed by atoms with Gasteiger partial charge in [-0.15, -0.1) is 0 Å². The average molecular weight is 225 g/mol. The molecule has 0 bridgehead atoms. The number of likely N-dealkylation sites (tertiary alicyclic amines) is 1. The zero-order chi connectivity index (χ0) is 12.6. The maximum atomic E-state index is 2.53. The van der Waals surface area contributed by atoms with Crippen LogP contribution in [-0.2, 0) is 0 Å². The van der Waals surface area contributed by atoms with Gasteiger partial charge in [0.25, 0.3) is 0 Å². The Labute approximate surface area is 103 Å².